The molecule has 2 aromatic carbocycles. The number of piperazine rings is 1. The third-order valence-corrected chi connectivity index (χ3v) is 5.90. The Kier molecular flexibility index (Phi) is 8.80. The molecule has 1 amide bonds. The van der Waals surface area contributed by atoms with Crippen molar-refractivity contribution in [3.05, 3.63) is 64.2 Å². The molecular weight excluding hydrogens is 440 g/mol. The highest BCUT2D eigenvalue weighted by Crippen LogP contribution is 2.30. The third-order valence-electron chi connectivity index (χ3n) is 5.90. The zero-order chi connectivity index (χ0) is 24.5. The first-order valence-corrected chi connectivity index (χ1v) is 11.3. The van der Waals surface area contributed by atoms with Crippen LogP contribution in [0.1, 0.15) is 31.4 Å². The van der Waals surface area contributed by atoms with E-state index < -0.39 is 10.9 Å². The summed E-state index contributed by atoms with van der Waals surface area (Å²) in [6, 6.07) is 14.8. The summed E-state index contributed by atoms with van der Waals surface area (Å²) in [5.41, 5.74) is 1.56. The normalized spacial score (nSPS) is 14.9. The van der Waals surface area contributed by atoms with Crippen LogP contribution in [0.5, 0.6) is 5.75 Å². The minimum Gasteiger partial charge on any atom is -0.481 e. The molecule has 1 saturated heterocycles. The molecule has 1 fully saturated rings. The fraction of sp³-hybridized carbons (Fsp3) is 0.417. The molecule has 1 heterocycles. The summed E-state index contributed by atoms with van der Waals surface area (Å²) in [5.74, 6) is -1.11. The van der Waals surface area contributed by atoms with Gasteiger partial charge >= 0.3 is 11.7 Å². The minimum atomic E-state index is -0.886. The van der Waals surface area contributed by atoms with Crippen LogP contribution in [0.4, 0.5) is 11.4 Å². The molecule has 1 aliphatic heterocycles. The highest BCUT2D eigenvalue weighted by molar-refractivity contribution is 5.78. The molecule has 3 rings (SSSR count). The van der Waals surface area contributed by atoms with Crippen LogP contribution in [0.2, 0.25) is 0 Å². The number of nitro groups is 1. The average Bonchev–Trinajstić information content (AvgIpc) is 2.85. The number of carboxylic acid groups (broad SMARTS) is 1. The van der Waals surface area contributed by atoms with Crippen molar-refractivity contribution in [3.8, 4) is 5.75 Å². The maximum atomic E-state index is 12.7. The molecule has 0 unspecified atom stereocenters. The van der Waals surface area contributed by atoms with E-state index in [1.54, 1.807) is 4.90 Å². The largest absolute Gasteiger partial charge is 0.481 e. The summed E-state index contributed by atoms with van der Waals surface area (Å²) in [6.45, 7) is 4.85. The lowest BCUT2D eigenvalue weighted by Crippen LogP contribution is -2.50. The lowest BCUT2D eigenvalue weighted by molar-refractivity contribution is -0.385. The van der Waals surface area contributed by atoms with Gasteiger partial charge in [0.1, 0.15) is 0 Å². The van der Waals surface area contributed by atoms with Crippen molar-refractivity contribution in [3.63, 3.8) is 0 Å². The molecule has 2 N–H and O–H groups in total. The fourth-order valence-electron chi connectivity index (χ4n) is 3.89. The summed E-state index contributed by atoms with van der Waals surface area (Å²) in [5, 5.41) is 23.1. The van der Waals surface area contributed by atoms with Crippen LogP contribution in [0.15, 0.2) is 48.5 Å². The van der Waals surface area contributed by atoms with Crippen molar-refractivity contribution in [2.45, 2.75) is 25.8 Å². The first kappa shape index (κ1) is 25.0. The smallest absolute Gasteiger partial charge is 0.311 e. The molecule has 1 aliphatic rings. The van der Waals surface area contributed by atoms with Gasteiger partial charge in [-0.1, -0.05) is 30.3 Å². The molecule has 182 valence electrons. The molecule has 34 heavy (non-hydrogen) atoms. The van der Waals surface area contributed by atoms with E-state index in [1.807, 2.05) is 18.2 Å². The zero-order valence-electron chi connectivity index (χ0n) is 19.2. The summed E-state index contributed by atoms with van der Waals surface area (Å²) in [7, 11) is 0. The van der Waals surface area contributed by atoms with E-state index in [0.717, 1.165) is 13.1 Å². The lowest BCUT2D eigenvalue weighted by atomic mass is 10.1. The van der Waals surface area contributed by atoms with Gasteiger partial charge in [0.15, 0.2) is 12.4 Å². The van der Waals surface area contributed by atoms with Crippen LogP contribution < -0.4 is 10.1 Å². The van der Waals surface area contributed by atoms with E-state index in [9.17, 15) is 19.7 Å². The topological polar surface area (TPSA) is 125 Å². The van der Waals surface area contributed by atoms with Gasteiger partial charge < -0.3 is 20.1 Å². The molecule has 1 atom stereocenters. The number of nitrogens with zero attached hydrogens (tertiary/aromatic N) is 3. The number of hydrogen-bond acceptors (Lipinski definition) is 7. The monoisotopic (exact) mass is 470 g/mol. The number of benzene rings is 2. The van der Waals surface area contributed by atoms with E-state index in [-0.39, 0.29) is 36.4 Å². The molecule has 0 bridgehead atoms. The number of nitro benzene ring substituents is 1. The van der Waals surface area contributed by atoms with Gasteiger partial charge in [-0.05, 0) is 25.0 Å². The Bertz CT molecular complexity index is 992. The summed E-state index contributed by atoms with van der Waals surface area (Å²) in [4.78, 5) is 38.2. The number of carbonyl (C=O) groups is 2. The summed E-state index contributed by atoms with van der Waals surface area (Å²) >= 11 is 0. The van der Waals surface area contributed by atoms with E-state index >= 15 is 0 Å². The molecule has 0 aromatic heterocycles. The van der Waals surface area contributed by atoms with Gasteiger partial charge in [-0.15, -0.1) is 0 Å². The van der Waals surface area contributed by atoms with Crippen molar-refractivity contribution in [2.75, 3.05) is 44.6 Å². The van der Waals surface area contributed by atoms with Crippen LogP contribution in [0.3, 0.4) is 0 Å². The molecular formula is C24H30N4O6. The SMILES string of the molecule is C[C@@H](c1ccccc1)N1CCN(C(=O)COc2cc(NCCCC(=O)O)ccc2[N+](=O)[O-])CC1. The van der Waals surface area contributed by atoms with E-state index in [1.165, 1.54) is 23.8 Å². The second kappa shape index (κ2) is 12.0. The Morgan fingerprint density at radius 2 is 1.85 bits per heavy atom. The predicted molar refractivity (Wildman–Crippen MR) is 127 cm³/mol. The highest BCUT2D eigenvalue weighted by Gasteiger charge is 2.25. The minimum absolute atomic E-state index is 0.00193. The first-order valence-electron chi connectivity index (χ1n) is 11.3. The maximum Gasteiger partial charge on any atom is 0.311 e. The van der Waals surface area contributed by atoms with E-state index in [0.29, 0.717) is 31.7 Å². The first-order chi connectivity index (χ1) is 16.3. The van der Waals surface area contributed by atoms with E-state index in [4.69, 9.17) is 9.84 Å². The standard InChI is InChI=1S/C24H30N4O6/c1-18(19-6-3-2-4-7-19)26-12-14-27(15-13-26)23(29)17-34-22-16-20(9-10-21(22)28(32)33)25-11-5-8-24(30)31/h2-4,6-7,9-10,16,18,25H,5,8,11-15,17H2,1H3,(H,30,31)/t18-/m0/s1. The van der Waals surface area contributed by atoms with Crippen molar-refractivity contribution in [1.29, 1.82) is 0 Å². The van der Waals surface area contributed by atoms with Gasteiger partial charge in [0, 0.05) is 63.0 Å². The highest BCUT2D eigenvalue weighted by atomic mass is 16.6. The van der Waals surface area contributed by atoms with Gasteiger partial charge in [0.2, 0.25) is 0 Å². The number of ether oxygens (including phenoxy) is 1. The number of carboxylic acids is 1. The van der Waals surface area contributed by atoms with Crippen LogP contribution in [0, 0.1) is 10.1 Å². The van der Waals surface area contributed by atoms with Gasteiger partial charge in [-0.25, -0.2) is 0 Å². The Labute approximate surface area is 198 Å². The van der Waals surface area contributed by atoms with Gasteiger partial charge in [0.25, 0.3) is 5.91 Å². The number of aliphatic carboxylic acids is 1. The van der Waals surface area contributed by atoms with Crippen LogP contribution in [0.25, 0.3) is 0 Å². The van der Waals surface area contributed by atoms with Crippen LogP contribution in [-0.4, -0.2) is 71.0 Å². The van der Waals surface area contributed by atoms with E-state index in [2.05, 4.69) is 29.3 Å². The van der Waals surface area contributed by atoms with Gasteiger partial charge in [-0.3, -0.25) is 24.6 Å². The van der Waals surface area contributed by atoms with Crippen molar-refractivity contribution in [2.24, 2.45) is 0 Å². The summed E-state index contributed by atoms with van der Waals surface area (Å²) in [6.07, 6.45) is 0.436. The quantitative estimate of drug-likeness (QED) is 0.291. The Morgan fingerprint density at radius 1 is 1.15 bits per heavy atom. The molecule has 0 saturated carbocycles. The maximum absolute atomic E-state index is 12.7. The number of rotatable bonds is 11. The summed E-state index contributed by atoms with van der Waals surface area (Å²) < 4.78 is 5.56. The Hall–Kier alpha value is -3.66. The van der Waals surface area contributed by atoms with Crippen molar-refractivity contribution < 1.29 is 24.4 Å². The van der Waals surface area contributed by atoms with Gasteiger partial charge in [0.05, 0.1) is 4.92 Å². The number of carbonyl (C=O) groups excluding carboxylic acids is 1. The molecule has 10 nitrogen and oxygen atoms in total. The molecule has 2 aromatic rings. The second-order valence-electron chi connectivity index (χ2n) is 8.16. The van der Waals surface area contributed by atoms with Crippen LogP contribution >= 0.6 is 0 Å². The number of amides is 1. The number of hydrogen-bond donors (Lipinski definition) is 2. The number of anilines is 1. The van der Waals surface area contributed by atoms with Crippen LogP contribution in [-0.2, 0) is 9.59 Å². The third kappa shape index (κ3) is 6.92. The molecule has 0 radical (unpaired) electrons. The predicted octanol–water partition coefficient (Wildman–Crippen LogP) is 3.16. The van der Waals surface area contributed by atoms with Gasteiger partial charge in [-0.2, -0.15) is 0 Å². The Morgan fingerprint density at radius 3 is 2.50 bits per heavy atom. The Balaban J connectivity index is 1.53. The molecule has 0 spiro atoms. The fourth-order valence-corrected chi connectivity index (χ4v) is 3.89. The van der Waals surface area contributed by atoms with Crippen molar-refractivity contribution in [1.82, 2.24) is 9.80 Å². The number of nitrogens with one attached hydrogen (secondary N) is 1. The molecule has 0 aliphatic carbocycles. The van der Waals surface area contributed by atoms with Crippen molar-refractivity contribution >= 4 is 23.3 Å². The average molecular weight is 471 g/mol. The zero-order valence-corrected chi connectivity index (χ0v) is 19.2. The molecule has 10 heteroatoms. The lowest BCUT2D eigenvalue weighted by Gasteiger charge is -2.38. The second-order valence-corrected chi connectivity index (χ2v) is 8.16.